The summed E-state index contributed by atoms with van der Waals surface area (Å²) < 4.78 is 0. The molecule has 0 aliphatic rings. The molecule has 0 rings (SSSR count). The molecular formula is C8H12Cl2N2. The van der Waals surface area contributed by atoms with Crippen LogP contribution in [0.3, 0.4) is 0 Å². The van der Waals surface area contributed by atoms with Crippen molar-refractivity contribution >= 4 is 28.4 Å². The number of alkyl halides is 1. The van der Waals surface area contributed by atoms with Crippen molar-refractivity contribution < 1.29 is 0 Å². The van der Waals surface area contributed by atoms with E-state index in [4.69, 9.17) is 23.2 Å². The first-order valence-corrected chi connectivity index (χ1v) is 4.27. The third kappa shape index (κ3) is 5.35. The van der Waals surface area contributed by atoms with Crippen molar-refractivity contribution in [3.05, 3.63) is 24.9 Å². The highest BCUT2D eigenvalue weighted by Gasteiger charge is 2.03. The van der Waals surface area contributed by atoms with Gasteiger partial charge in [0.25, 0.3) is 0 Å². The SMILES string of the molecule is C=CC(=C)N=C(Cl)CC(Cl)NC. The lowest BCUT2D eigenvalue weighted by molar-refractivity contribution is 0.760. The Morgan fingerprint density at radius 1 is 1.75 bits per heavy atom. The minimum atomic E-state index is -0.195. The van der Waals surface area contributed by atoms with Crippen LogP contribution in [0.1, 0.15) is 6.42 Å². The lowest BCUT2D eigenvalue weighted by Gasteiger charge is -2.05. The molecule has 1 unspecified atom stereocenters. The van der Waals surface area contributed by atoms with E-state index in [1.807, 2.05) is 0 Å². The molecule has 0 saturated heterocycles. The van der Waals surface area contributed by atoms with Crippen LogP contribution in [-0.2, 0) is 0 Å². The van der Waals surface area contributed by atoms with E-state index in [0.717, 1.165) is 0 Å². The zero-order valence-corrected chi connectivity index (χ0v) is 8.49. The molecule has 0 aromatic heterocycles. The number of halogens is 2. The second kappa shape index (κ2) is 6.23. The van der Waals surface area contributed by atoms with Gasteiger partial charge in [0.15, 0.2) is 0 Å². The first kappa shape index (κ1) is 11.7. The van der Waals surface area contributed by atoms with Crippen molar-refractivity contribution in [3.8, 4) is 0 Å². The standard InChI is InChI=1S/C8H12Cl2N2/c1-4-6(2)12-8(10)5-7(9)11-3/h4,7,11H,1-2,5H2,3H3. The maximum atomic E-state index is 5.75. The molecule has 68 valence electrons. The van der Waals surface area contributed by atoms with Crippen LogP contribution in [0.2, 0.25) is 0 Å². The summed E-state index contributed by atoms with van der Waals surface area (Å²) in [6.45, 7) is 7.09. The van der Waals surface area contributed by atoms with Crippen molar-refractivity contribution in [2.75, 3.05) is 7.05 Å². The van der Waals surface area contributed by atoms with E-state index in [2.05, 4.69) is 23.5 Å². The second-order valence-electron chi connectivity index (χ2n) is 2.14. The molecule has 0 heterocycles. The van der Waals surface area contributed by atoms with Gasteiger partial charge in [0, 0.05) is 6.42 Å². The Morgan fingerprint density at radius 2 is 2.33 bits per heavy atom. The highest BCUT2D eigenvalue weighted by Crippen LogP contribution is 2.05. The third-order valence-corrected chi connectivity index (χ3v) is 1.77. The lowest BCUT2D eigenvalue weighted by atomic mass is 10.4. The molecule has 4 heteroatoms. The highest BCUT2D eigenvalue weighted by molar-refractivity contribution is 6.65. The van der Waals surface area contributed by atoms with Crippen LogP contribution >= 0.6 is 23.2 Å². The molecule has 1 N–H and O–H groups in total. The maximum Gasteiger partial charge on any atom is 0.109 e. The molecule has 0 aromatic rings. The lowest BCUT2D eigenvalue weighted by Crippen LogP contribution is -2.20. The van der Waals surface area contributed by atoms with E-state index in [-0.39, 0.29) is 5.50 Å². The summed E-state index contributed by atoms with van der Waals surface area (Å²) in [5.41, 5.74) is 0.346. The molecule has 0 spiro atoms. The second-order valence-corrected chi connectivity index (χ2v) is 3.11. The fraction of sp³-hybridized carbons (Fsp3) is 0.375. The van der Waals surface area contributed by atoms with Crippen LogP contribution in [0.15, 0.2) is 29.9 Å². The molecule has 0 aliphatic heterocycles. The summed E-state index contributed by atoms with van der Waals surface area (Å²) in [4.78, 5) is 3.93. The molecule has 0 saturated carbocycles. The number of nitrogens with zero attached hydrogens (tertiary/aromatic N) is 1. The average molecular weight is 207 g/mol. The number of hydrogen-bond acceptors (Lipinski definition) is 2. The Morgan fingerprint density at radius 3 is 2.75 bits per heavy atom. The summed E-state index contributed by atoms with van der Waals surface area (Å²) in [5, 5.41) is 3.26. The number of hydrogen-bond donors (Lipinski definition) is 1. The number of aliphatic imine (C=N–C) groups is 1. The minimum absolute atomic E-state index is 0.195. The van der Waals surface area contributed by atoms with Gasteiger partial charge in [-0.3, -0.25) is 0 Å². The van der Waals surface area contributed by atoms with Gasteiger partial charge in [-0.2, -0.15) is 0 Å². The Kier molecular flexibility index (Phi) is 6.07. The fourth-order valence-corrected chi connectivity index (χ4v) is 0.985. The van der Waals surface area contributed by atoms with Gasteiger partial charge < -0.3 is 5.32 Å². The van der Waals surface area contributed by atoms with E-state index in [0.29, 0.717) is 17.3 Å². The number of allylic oxidation sites excluding steroid dienone is 1. The predicted octanol–water partition coefficient (Wildman–Crippen LogP) is 2.50. The smallest absolute Gasteiger partial charge is 0.109 e. The van der Waals surface area contributed by atoms with E-state index in [1.54, 1.807) is 7.05 Å². The van der Waals surface area contributed by atoms with E-state index in [9.17, 15) is 0 Å². The van der Waals surface area contributed by atoms with Gasteiger partial charge >= 0.3 is 0 Å². The Balaban J connectivity index is 4.01. The van der Waals surface area contributed by atoms with Crippen molar-refractivity contribution in [2.45, 2.75) is 11.9 Å². The van der Waals surface area contributed by atoms with Crippen LogP contribution in [0, 0.1) is 0 Å². The molecule has 0 bridgehead atoms. The van der Waals surface area contributed by atoms with Crippen molar-refractivity contribution in [1.82, 2.24) is 5.32 Å². The largest absolute Gasteiger partial charge is 0.304 e. The third-order valence-electron chi connectivity index (χ3n) is 1.16. The van der Waals surface area contributed by atoms with Gasteiger partial charge in [-0.05, 0) is 13.1 Å². The van der Waals surface area contributed by atoms with Crippen LogP contribution in [0.5, 0.6) is 0 Å². The molecule has 12 heavy (non-hydrogen) atoms. The van der Waals surface area contributed by atoms with Gasteiger partial charge in [0.05, 0.1) is 11.2 Å². The van der Waals surface area contributed by atoms with Crippen molar-refractivity contribution in [2.24, 2.45) is 4.99 Å². The maximum absolute atomic E-state index is 5.75. The molecule has 0 aliphatic carbocycles. The Labute approximate surface area is 83.0 Å². The zero-order valence-electron chi connectivity index (χ0n) is 6.98. The molecule has 0 fully saturated rings. The Bertz CT molecular complexity index is 199. The fourth-order valence-electron chi connectivity index (χ4n) is 0.497. The van der Waals surface area contributed by atoms with E-state index >= 15 is 0 Å². The van der Waals surface area contributed by atoms with Crippen molar-refractivity contribution in [3.63, 3.8) is 0 Å². The molecule has 2 nitrogen and oxygen atoms in total. The van der Waals surface area contributed by atoms with Gasteiger partial charge in [-0.1, -0.05) is 24.8 Å². The molecular weight excluding hydrogens is 195 g/mol. The molecule has 0 radical (unpaired) electrons. The van der Waals surface area contributed by atoms with Gasteiger partial charge in [0.1, 0.15) is 5.17 Å². The minimum Gasteiger partial charge on any atom is -0.304 e. The molecule has 0 aromatic carbocycles. The number of rotatable bonds is 5. The zero-order chi connectivity index (χ0) is 9.56. The first-order chi connectivity index (χ1) is 5.60. The summed E-state index contributed by atoms with van der Waals surface area (Å²) in [5.74, 6) is 0. The van der Waals surface area contributed by atoms with Crippen LogP contribution in [0.25, 0.3) is 0 Å². The van der Waals surface area contributed by atoms with Crippen LogP contribution in [0.4, 0.5) is 0 Å². The molecule has 0 amide bonds. The summed E-state index contributed by atoms with van der Waals surface area (Å²) >= 11 is 11.5. The predicted molar refractivity (Wildman–Crippen MR) is 55.9 cm³/mol. The normalized spacial score (nSPS) is 14.1. The summed E-state index contributed by atoms with van der Waals surface area (Å²) in [6, 6.07) is 0. The topological polar surface area (TPSA) is 24.4 Å². The monoisotopic (exact) mass is 206 g/mol. The summed E-state index contributed by atoms with van der Waals surface area (Å²) in [6.07, 6.45) is 2.01. The quantitative estimate of drug-likeness (QED) is 0.318. The van der Waals surface area contributed by atoms with Crippen molar-refractivity contribution in [1.29, 1.82) is 0 Å². The van der Waals surface area contributed by atoms with Crippen LogP contribution < -0.4 is 5.32 Å². The van der Waals surface area contributed by atoms with E-state index < -0.39 is 0 Å². The van der Waals surface area contributed by atoms with Gasteiger partial charge in [0.2, 0.25) is 0 Å². The van der Waals surface area contributed by atoms with E-state index in [1.165, 1.54) is 6.08 Å². The highest BCUT2D eigenvalue weighted by atomic mass is 35.5. The Hall–Kier alpha value is -0.310. The first-order valence-electron chi connectivity index (χ1n) is 3.46. The molecule has 1 atom stereocenters. The van der Waals surface area contributed by atoms with Gasteiger partial charge in [-0.15, -0.1) is 11.6 Å². The summed E-state index contributed by atoms with van der Waals surface area (Å²) in [7, 11) is 1.75. The number of nitrogens with one attached hydrogen (secondary N) is 1. The van der Waals surface area contributed by atoms with Crippen LogP contribution in [-0.4, -0.2) is 17.7 Å². The van der Waals surface area contributed by atoms with Gasteiger partial charge in [-0.25, -0.2) is 4.99 Å². The average Bonchev–Trinajstić information content (AvgIpc) is 2.03.